The van der Waals surface area contributed by atoms with E-state index in [4.69, 9.17) is 0 Å². The number of nitrogens with zero attached hydrogens (tertiary/aromatic N) is 2. The minimum Gasteiger partial charge on any atom is -0.352 e. The predicted molar refractivity (Wildman–Crippen MR) is 181 cm³/mol. The average molecular weight is 683 g/mol. The summed E-state index contributed by atoms with van der Waals surface area (Å²) >= 11 is 3.49. The van der Waals surface area contributed by atoms with Crippen LogP contribution in [0.3, 0.4) is 0 Å². The van der Waals surface area contributed by atoms with Crippen molar-refractivity contribution in [2.45, 2.75) is 83.8 Å². The predicted octanol–water partition coefficient (Wildman–Crippen LogP) is 6.70. The highest BCUT2D eigenvalue weighted by Gasteiger charge is 2.32. The molecule has 1 N–H and O–H groups in total. The Balaban J connectivity index is 1.60. The van der Waals surface area contributed by atoms with Gasteiger partial charge in [-0.25, -0.2) is 8.42 Å². The molecule has 3 aromatic carbocycles. The first kappa shape index (κ1) is 33.7. The van der Waals surface area contributed by atoms with Crippen LogP contribution in [0.4, 0.5) is 5.69 Å². The molecule has 0 aromatic heterocycles. The third kappa shape index (κ3) is 9.66. The molecule has 0 bridgehead atoms. The number of halogens is 1. The van der Waals surface area contributed by atoms with Crippen LogP contribution >= 0.6 is 15.9 Å². The number of nitrogens with one attached hydrogen (secondary N) is 1. The first-order valence-corrected chi connectivity index (χ1v) is 18.1. The van der Waals surface area contributed by atoms with Gasteiger partial charge >= 0.3 is 0 Å². The summed E-state index contributed by atoms with van der Waals surface area (Å²) in [6.45, 7) is 4.25. The van der Waals surface area contributed by atoms with E-state index in [1.54, 1.807) is 4.90 Å². The van der Waals surface area contributed by atoms with Gasteiger partial charge in [-0.2, -0.15) is 0 Å². The summed E-state index contributed by atoms with van der Waals surface area (Å²) in [5, 5.41) is 3.27. The summed E-state index contributed by atoms with van der Waals surface area (Å²) in [6.07, 6.45) is 7.27. The van der Waals surface area contributed by atoms with Gasteiger partial charge in [0.05, 0.1) is 11.9 Å². The van der Waals surface area contributed by atoms with Crippen LogP contribution in [0.1, 0.15) is 67.2 Å². The molecule has 0 radical (unpaired) electrons. The van der Waals surface area contributed by atoms with Crippen molar-refractivity contribution in [3.63, 3.8) is 0 Å². The van der Waals surface area contributed by atoms with Crippen molar-refractivity contribution >= 4 is 43.5 Å². The van der Waals surface area contributed by atoms with Crippen LogP contribution in [-0.4, -0.2) is 50.0 Å². The molecular formula is C35H44BrN3O4S. The lowest BCUT2D eigenvalue weighted by Crippen LogP contribution is -2.52. The van der Waals surface area contributed by atoms with Gasteiger partial charge in [0.15, 0.2) is 0 Å². The second kappa shape index (κ2) is 15.7. The van der Waals surface area contributed by atoms with Crippen molar-refractivity contribution in [2.75, 3.05) is 17.1 Å². The normalized spacial score (nSPS) is 14.5. The molecule has 1 aliphatic rings. The maximum Gasteiger partial charge on any atom is 0.243 e. The smallest absolute Gasteiger partial charge is 0.243 e. The minimum absolute atomic E-state index is 0.107. The third-order valence-electron chi connectivity index (χ3n) is 8.27. The van der Waals surface area contributed by atoms with E-state index < -0.39 is 16.1 Å². The van der Waals surface area contributed by atoms with Gasteiger partial charge in [-0.3, -0.25) is 13.9 Å². The number of anilines is 1. The molecule has 2 amide bonds. The quantitative estimate of drug-likeness (QED) is 0.218. The van der Waals surface area contributed by atoms with E-state index in [2.05, 4.69) is 21.2 Å². The Morgan fingerprint density at radius 1 is 0.932 bits per heavy atom. The molecule has 1 saturated carbocycles. The van der Waals surface area contributed by atoms with Crippen LogP contribution in [0.2, 0.25) is 0 Å². The molecule has 9 heteroatoms. The summed E-state index contributed by atoms with van der Waals surface area (Å²) in [4.78, 5) is 29.8. The number of sulfonamides is 1. The maximum absolute atomic E-state index is 14.1. The third-order valence-corrected chi connectivity index (χ3v) is 9.98. The molecule has 3 aromatic rings. The maximum atomic E-state index is 14.1. The summed E-state index contributed by atoms with van der Waals surface area (Å²) < 4.78 is 28.0. The Morgan fingerprint density at radius 2 is 1.61 bits per heavy atom. The molecule has 0 heterocycles. The van der Waals surface area contributed by atoms with Crippen molar-refractivity contribution in [3.8, 4) is 0 Å². The van der Waals surface area contributed by atoms with Crippen LogP contribution in [-0.2, 0) is 32.6 Å². The topological polar surface area (TPSA) is 86.8 Å². The number of carbonyl (C=O) groups excluding carboxylic acids is 2. The van der Waals surface area contributed by atoms with Gasteiger partial charge in [0, 0.05) is 36.4 Å². The lowest BCUT2D eigenvalue weighted by atomic mass is 9.94. The lowest BCUT2D eigenvalue weighted by molar-refractivity contribution is -0.141. The number of hydrogen-bond acceptors (Lipinski definition) is 4. The molecule has 1 aliphatic carbocycles. The molecule has 0 saturated heterocycles. The molecule has 7 nitrogen and oxygen atoms in total. The van der Waals surface area contributed by atoms with Gasteiger partial charge in [-0.15, -0.1) is 0 Å². The zero-order valence-corrected chi connectivity index (χ0v) is 28.4. The van der Waals surface area contributed by atoms with Crippen molar-refractivity contribution in [3.05, 3.63) is 99.5 Å². The van der Waals surface area contributed by atoms with Gasteiger partial charge in [0.1, 0.15) is 6.04 Å². The fourth-order valence-corrected chi connectivity index (χ4v) is 7.13. The lowest BCUT2D eigenvalue weighted by Gasteiger charge is -2.34. The highest BCUT2D eigenvalue weighted by atomic mass is 79.9. The van der Waals surface area contributed by atoms with Crippen LogP contribution in [0.15, 0.2) is 77.3 Å². The van der Waals surface area contributed by atoms with Crippen LogP contribution < -0.4 is 9.62 Å². The average Bonchev–Trinajstić information content (AvgIpc) is 2.99. The Labute approximate surface area is 271 Å². The molecule has 4 rings (SSSR count). The van der Waals surface area contributed by atoms with Crippen molar-refractivity contribution in [1.82, 2.24) is 10.2 Å². The molecule has 44 heavy (non-hydrogen) atoms. The molecule has 0 unspecified atom stereocenters. The first-order chi connectivity index (χ1) is 21.0. The van der Waals surface area contributed by atoms with Crippen molar-refractivity contribution in [1.29, 1.82) is 0 Å². The zero-order chi connectivity index (χ0) is 31.7. The second-order valence-corrected chi connectivity index (χ2v) is 14.7. The summed E-state index contributed by atoms with van der Waals surface area (Å²) in [7, 11) is -3.58. The number of amides is 2. The van der Waals surface area contributed by atoms with Gasteiger partial charge in [-0.05, 0) is 73.6 Å². The number of carbonyl (C=O) groups is 2. The van der Waals surface area contributed by atoms with Crippen LogP contribution in [0.25, 0.3) is 0 Å². The zero-order valence-electron chi connectivity index (χ0n) is 26.0. The van der Waals surface area contributed by atoms with E-state index in [-0.39, 0.29) is 37.4 Å². The molecular weight excluding hydrogens is 638 g/mol. The summed E-state index contributed by atoms with van der Waals surface area (Å²) in [6, 6.07) is 22.7. The standard InChI is InChI=1S/C35H44BrN3O4S/c1-26-16-17-27(2)32(23-26)39(44(3,42)43)22-10-15-34(40)38(25-29-18-20-30(36)21-19-29)33(24-28-11-6-4-7-12-28)35(41)37-31-13-8-5-9-14-31/h4,6-7,11-12,16-21,23,31,33H,5,8-10,13-15,22,24-25H2,1-3H3,(H,37,41)/t33-/m1/s1. The molecule has 0 aliphatic heterocycles. The van der Waals surface area contributed by atoms with Crippen LogP contribution in [0, 0.1) is 13.8 Å². The van der Waals surface area contributed by atoms with Crippen molar-refractivity contribution < 1.29 is 18.0 Å². The number of rotatable bonds is 13. The van der Waals surface area contributed by atoms with Gasteiger partial charge in [-0.1, -0.05) is 89.8 Å². The minimum atomic E-state index is -3.58. The van der Waals surface area contributed by atoms with Crippen molar-refractivity contribution in [2.24, 2.45) is 0 Å². The molecule has 1 atom stereocenters. The van der Waals surface area contributed by atoms with E-state index >= 15 is 0 Å². The van der Waals surface area contributed by atoms with Gasteiger partial charge < -0.3 is 10.2 Å². The highest BCUT2D eigenvalue weighted by molar-refractivity contribution is 9.10. The summed E-state index contributed by atoms with van der Waals surface area (Å²) in [5.41, 5.74) is 4.33. The largest absolute Gasteiger partial charge is 0.352 e. The Morgan fingerprint density at radius 3 is 2.27 bits per heavy atom. The number of aryl methyl sites for hydroxylation is 2. The number of hydrogen-bond donors (Lipinski definition) is 1. The number of benzene rings is 3. The summed E-state index contributed by atoms with van der Waals surface area (Å²) in [5.74, 6) is -0.318. The van der Waals surface area contributed by atoms with Crippen LogP contribution in [0.5, 0.6) is 0 Å². The van der Waals surface area contributed by atoms with E-state index in [0.717, 1.165) is 52.4 Å². The monoisotopic (exact) mass is 681 g/mol. The Bertz CT molecular complexity index is 1510. The Kier molecular flexibility index (Phi) is 12.0. The van der Waals surface area contributed by atoms with Gasteiger partial charge in [0.25, 0.3) is 0 Å². The van der Waals surface area contributed by atoms with E-state index in [1.165, 1.54) is 17.0 Å². The second-order valence-electron chi connectivity index (χ2n) is 11.9. The fourth-order valence-electron chi connectivity index (χ4n) is 5.86. The first-order valence-electron chi connectivity index (χ1n) is 15.4. The van der Waals surface area contributed by atoms with E-state index in [1.807, 2.05) is 86.6 Å². The Hall–Kier alpha value is -3.17. The molecule has 1 fully saturated rings. The van der Waals surface area contributed by atoms with E-state index in [0.29, 0.717) is 18.5 Å². The van der Waals surface area contributed by atoms with Gasteiger partial charge in [0.2, 0.25) is 21.8 Å². The SMILES string of the molecule is Cc1ccc(C)c(N(CCCC(=O)N(Cc2ccc(Br)cc2)[C@H](Cc2ccccc2)C(=O)NC2CCCCC2)S(C)(=O)=O)c1. The van der Waals surface area contributed by atoms with E-state index in [9.17, 15) is 18.0 Å². The fraction of sp³-hybridized carbons (Fsp3) is 0.429. The molecule has 0 spiro atoms. The molecule has 236 valence electrons. The highest BCUT2D eigenvalue weighted by Crippen LogP contribution is 2.25.